The number of hydrogen-bond donors (Lipinski definition) is 1. The van der Waals surface area contributed by atoms with Crippen LogP contribution in [0.5, 0.6) is 5.75 Å². The smallest absolute Gasteiger partial charge is 0.123 e. The van der Waals surface area contributed by atoms with Gasteiger partial charge >= 0.3 is 0 Å². The Labute approximate surface area is 110 Å². The number of nitrogens with one attached hydrogen (secondary N) is 1. The van der Waals surface area contributed by atoms with E-state index in [2.05, 4.69) is 32.2 Å². The van der Waals surface area contributed by atoms with Gasteiger partial charge in [0.2, 0.25) is 0 Å². The second-order valence-corrected chi connectivity index (χ2v) is 5.07. The van der Waals surface area contributed by atoms with Crippen LogP contribution < -0.4 is 10.1 Å². The molecule has 0 radical (unpaired) electrons. The Bertz CT molecular complexity index is 421. The van der Waals surface area contributed by atoms with Crippen LogP contribution in [0.15, 0.2) is 18.2 Å². The summed E-state index contributed by atoms with van der Waals surface area (Å²) < 4.78 is 5.78. The van der Waals surface area contributed by atoms with Gasteiger partial charge in [0.15, 0.2) is 0 Å². The molecule has 98 valence electrons. The zero-order chi connectivity index (χ0) is 13.5. The second kappa shape index (κ2) is 7.03. The zero-order valence-corrected chi connectivity index (χ0v) is 11.7. The molecule has 1 aromatic carbocycles. The summed E-state index contributed by atoms with van der Waals surface area (Å²) in [7, 11) is 0. The predicted molar refractivity (Wildman–Crippen MR) is 73.7 cm³/mol. The first-order chi connectivity index (χ1) is 8.52. The highest BCUT2D eigenvalue weighted by atomic mass is 16.5. The third-order valence-electron chi connectivity index (χ3n) is 2.72. The Morgan fingerprint density at radius 1 is 1.33 bits per heavy atom. The number of ether oxygens (including phenoxy) is 1. The van der Waals surface area contributed by atoms with Crippen molar-refractivity contribution in [1.29, 1.82) is 5.26 Å². The first kappa shape index (κ1) is 14.5. The minimum atomic E-state index is 0.442. The Morgan fingerprint density at radius 2 is 2.06 bits per heavy atom. The fourth-order valence-electron chi connectivity index (χ4n) is 1.55. The molecule has 1 rings (SSSR count). The lowest BCUT2D eigenvalue weighted by atomic mass is 10.1. The van der Waals surface area contributed by atoms with Crippen LogP contribution in [0.4, 0.5) is 0 Å². The van der Waals surface area contributed by atoms with Gasteiger partial charge in [-0.05, 0) is 24.6 Å². The first-order valence-electron chi connectivity index (χ1n) is 6.40. The molecule has 0 fully saturated rings. The minimum Gasteiger partial charge on any atom is -0.493 e. The van der Waals surface area contributed by atoms with E-state index < -0.39 is 0 Å². The highest BCUT2D eigenvalue weighted by Crippen LogP contribution is 2.19. The summed E-state index contributed by atoms with van der Waals surface area (Å²) >= 11 is 0. The van der Waals surface area contributed by atoms with Crippen molar-refractivity contribution in [1.82, 2.24) is 5.32 Å². The quantitative estimate of drug-likeness (QED) is 0.839. The van der Waals surface area contributed by atoms with Crippen LogP contribution in [-0.2, 0) is 0 Å². The molecule has 0 amide bonds. The van der Waals surface area contributed by atoms with Crippen molar-refractivity contribution in [3.63, 3.8) is 0 Å². The maximum Gasteiger partial charge on any atom is 0.123 e. The Kier molecular flexibility index (Phi) is 5.67. The molecule has 1 atom stereocenters. The lowest BCUT2D eigenvalue weighted by Gasteiger charge is -2.16. The second-order valence-electron chi connectivity index (χ2n) is 5.07. The number of nitriles is 1. The van der Waals surface area contributed by atoms with Crippen LogP contribution in [0.3, 0.4) is 0 Å². The fourth-order valence-corrected chi connectivity index (χ4v) is 1.55. The molecule has 1 unspecified atom stereocenters. The normalized spacial score (nSPS) is 12.2. The molecule has 0 aliphatic carbocycles. The molecule has 0 spiro atoms. The molecule has 1 aromatic rings. The van der Waals surface area contributed by atoms with Gasteiger partial charge in [-0.25, -0.2) is 0 Å². The van der Waals surface area contributed by atoms with E-state index in [9.17, 15) is 0 Å². The largest absolute Gasteiger partial charge is 0.493 e. The van der Waals surface area contributed by atoms with Gasteiger partial charge in [0, 0.05) is 18.5 Å². The van der Waals surface area contributed by atoms with E-state index in [-0.39, 0.29) is 0 Å². The number of rotatable bonds is 6. The average molecular weight is 246 g/mol. The van der Waals surface area contributed by atoms with Gasteiger partial charge in [-0.1, -0.05) is 26.8 Å². The topological polar surface area (TPSA) is 45.0 Å². The van der Waals surface area contributed by atoms with Crippen molar-refractivity contribution in [3.8, 4) is 11.8 Å². The summed E-state index contributed by atoms with van der Waals surface area (Å²) in [5.74, 6) is 1.25. The van der Waals surface area contributed by atoms with Gasteiger partial charge in [-0.15, -0.1) is 0 Å². The molecule has 0 bridgehead atoms. The van der Waals surface area contributed by atoms with Gasteiger partial charge in [0.05, 0.1) is 18.2 Å². The third kappa shape index (κ3) is 4.77. The average Bonchev–Trinajstić information content (AvgIpc) is 2.35. The van der Waals surface area contributed by atoms with Crippen molar-refractivity contribution in [2.24, 2.45) is 5.92 Å². The number of hydrogen-bond acceptors (Lipinski definition) is 3. The van der Waals surface area contributed by atoms with Crippen LogP contribution >= 0.6 is 0 Å². The highest BCUT2D eigenvalue weighted by Gasteiger charge is 2.06. The molecule has 1 N–H and O–H groups in total. The fraction of sp³-hybridized carbons (Fsp3) is 0.533. The third-order valence-corrected chi connectivity index (χ3v) is 2.72. The summed E-state index contributed by atoms with van der Waals surface area (Å²) in [5.41, 5.74) is 1.71. The molecule has 0 saturated heterocycles. The van der Waals surface area contributed by atoms with Crippen molar-refractivity contribution < 1.29 is 4.74 Å². The Hall–Kier alpha value is -1.53. The molecular formula is C15H22N2O. The summed E-state index contributed by atoms with van der Waals surface area (Å²) in [6.45, 7) is 10.0. The molecule has 0 aliphatic rings. The van der Waals surface area contributed by atoms with E-state index in [1.54, 1.807) is 6.07 Å². The Balaban J connectivity index is 2.50. The molecular weight excluding hydrogens is 224 g/mol. The first-order valence-corrected chi connectivity index (χ1v) is 6.40. The predicted octanol–water partition coefficient (Wildman–Crippen LogP) is 2.88. The maximum absolute atomic E-state index is 8.86. The molecule has 3 nitrogen and oxygen atoms in total. The van der Waals surface area contributed by atoms with Gasteiger partial charge in [-0.3, -0.25) is 0 Å². The van der Waals surface area contributed by atoms with E-state index >= 15 is 0 Å². The van der Waals surface area contributed by atoms with Gasteiger partial charge in [-0.2, -0.15) is 5.26 Å². The van der Waals surface area contributed by atoms with Gasteiger partial charge in [0.25, 0.3) is 0 Å². The summed E-state index contributed by atoms with van der Waals surface area (Å²) in [6.07, 6.45) is 0. The SMILES string of the molecule is Cc1ccc(C#N)cc1OCC(C)CNC(C)C. The summed E-state index contributed by atoms with van der Waals surface area (Å²) in [4.78, 5) is 0. The van der Waals surface area contributed by atoms with Gasteiger partial charge < -0.3 is 10.1 Å². The lowest BCUT2D eigenvalue weighted by Crippen LogP contribution is -2.30. The molecule has 0 aromatic heterocycles. The van der Waals surface area contributed by atoms with Crippen LogP contribution in [0.1, 0.15) is 31.9 Å². The lowest BCUT2D eigenvalue weighted by molar-refractivity contribution is 0.251. The van der Waals surface area contributed by atoms with Crippen molar-refractivity contribution in [3.05, 3.63) is 29.3 Å². The zero-order valence-electron chi connectivity index (χ0n) is 11.7. The number of benzene rings is 1. The van der Waals surface area contributed by atoms with E-state index in [0.717, 1.165) is 17.9 Å². The Morgan fingerprint density at radius 3 is 2.67 bits per heavy atom. The standard InChI is InChI=1S/C15H22N2O/c1-11(2)17-9-12(3)10-18-15-7-14(8-16)6-5-13(15)4/h5-7,11-12,17H,9-10H2,1-4H3. The van der Waals surface area contributed by atoms with Crippen LogP contribution in [0.2, 0.25) is 0 Å². The molecule has 0 aliphatic heterocycles. The van der Waals surface area contributed by atoms with E-state index in [1.165, 1.54) is 0 Å². The molecule has 0 heterocycles. The van der Waals surface area contributed by atoms with E-state index in [0.29, 0.717) is 24.1 Å². The van der Waals surface area contributed by atoms with Crippen molar-refractivity contribution >= 4 is 0 Å². The van der Waals surface area contributed by atoms with E-state index in [4.69, 9.17) is 10.00 Å². The summed E-state index contributed by atoms with van der Waals surface area (Å²) in [6, 6.07) is 8.16. The maximum atomic E-state index is 8.86. The minimum absolute atomic E-state index is 0.442. The van der Waals surface area contributed by atoms with Crippen molar-refractivity contribution in [2.75, 3.05) is 13.2 Å². The number of nitrogens with zero attached hydrogens (tertiary/aromatic N) is 1. The summed E-state index contributed by atoms with van der Waals surface area (Å²) in [5, 5.41) is 12.2. The van der Waals surface area contributed by atoms with E-state index in [1.807, 2.05) is 19.1 Å². The molecule has 3 heteroatoms. The van der Waals surface area contributed by atoms with Crippen molar-refractivity contribution in [2.45, 2.75) is 33.7 Å². The molecule has 18 heavy (non-hydrogen) atoms. The monoisotopic (exact) mass is 246 g/mol. The van der Waals surface area contributed by atoms with Crippen LogP contribution in [0.25, 0.3) is 0 Å². The van der Waals surface area contributed by atoms with Crippen LogP contribution in [0, 0.1) is 24.2 Å². The van der Waals surface area contributed by atoms with Gasteiger partial charge in [0.1, 0.15) is 5.75 Å². The number of aryl methyl sites for hydroxylation is 1. The van der Waals surface area contributed by atoms with Crippen LogP contribution in [-0.4, -0.2) is 19.2 Å². The highest BCUT2D eigenvalue weighted by molar-refractivity contribution is 5.41. The molecule has 0 saturated carbocycles.